The van der Waals surface area contributed by atoms with Gasteiger partial charge in [-0.25, -0.2) is 0 Å². The molecule has 0 atom stereocenters. The van der Waals surface area contributed by atoms with Crippen LogP contribution in [-0.2, 0) is 23.5 Å². The van der Waals surface area contributed by atoms with Gasteiger partial charge in [0.15, 0.2) is 0 Å². The third-order valence-corrected chi connectivity index (χ3v) is 5.78. The molecular weight excluding hydrogens is 508 g/mol. The normalized spacial score (nSPS) is 19.7. The number of nitrogens with two attached hydrogens (primary N) is 1. The van der Waals surface area contributed by atoms with Crippen molar-refractivity contribution < 1.29 is 35.9 Å². The lowest BCUT2D eigenvalue weighted by Gasteiger charge is -2.16. The minimum atomic E-state index is -4.76. The molecule has 0 spiro atoms. The summed E-state index contributed by atoms with van der Waals surface area (Å²) in [4.78, 5) is 19.8. The number of rotatable bonds is 3. The molecular formula is C24H23F6N3O2S. The number of methoxy groups -OCH3 is 1. The number of hydrogen-bond donors (Lipinski definition) is 1. The van der Waals surface area contributed by atoms with Gasteiger partial charge < -0.3 is 10.5 Å². The number of benzene rings is 1. The first-order valence-corrected chi connectivity index (χ1v) is 11.2. The molecule has 2 aliphatic rings. The molecule has 5 nitrogen and oxygen atoms in total. The van der Waals surface area contributed by atoms with Crippen LogP contribution in [0.3, 0.4) is 0 Å². The van der Waals surface area contributed by atoms with Crippen molar-refractivity contribution in [1.29, 1.82) is 0 Å². The van der Waals surface area contributed by atoms with Crippen molar-refractivity contribution in [3.63, 3.8) is 0 Å². The van der Waals surface area contributed by atoms with Gasteiger partial charge in [-0.3, -0.25) is 9.79 Å². The van der Waals surface area contributed by atoms with E-state index in [2.05, 4.69) is 9.98 Å². The number of nitrogens with zero attached hydrogens (tertiary/aromatic N) is 2. The summed E-state index contributed by atoms with van der Waals surface area (Å²) in [7, 11) is 3.32. The average molecular weight is 532 g/mol. The van der Waals surface area contributed by atoms with E-state index in [1.807, 2.05) is 31.2 Å². The first kappa shape index (κ1) is 29.0. The number of amides is 1. The number of alkyl halides is 6. The Morgan fingerprint density at radius 1 is 1.14 bits per heavy atom. The number of allylic oxidation sites excluding steroid dienone is 6. The number of ether oxygens (including phenoxy) is 1. The maximum absolute atomic E-state index is 12.4. The van der Waals surface area contributed by atoms with Gasteiger partial charge in [-0.05, 0) is 72.2 Å². The van der Waals surface area contributed by atoms with Crippen LogP contribution in [0, 0.1) is 0 Å². The number of aliphatic imine (C=N–C) groups is 2. The minimum absolute atomic E-state index is 0.0347. The second-order valence-electron chi connectivity index (χ2n) is 7.27. The lowest BCUT2D eigenvalue weighted by atomic mass is 9.97. The zero-order valence-corrected chi connectivity index (χ0v) is 20.5. The number of thioether (sulfide) groups is 1. The van der Waals surface area contributed by atoms with Crippen molar-refractivity contribution in [2.24, 2.45) is 15.7 Å². The Kier molecular flexibility index (Phi) is 9.36. The maximum atomic E-state index is 12.4. The lowest BCUT2D eigenvalue weighted by molar-refractivity contribution is -0.143. The smallest absolute Gasteiger partial charge is 0.416 e. The third-order valence-electron chi connectivity index (χ3n) is 4.96. The number of amidine groups is 1. The quantitative estimate of drug-likeness (QED) is 0.432. The molecule has 0 saturated carbocycles. The monoisotopic (exact) mass is 531 g/mol. The number of hydrogen-bond acceptors (Lipinski definition) is 5. The molecule has 194 valence electrons. The van der Waals surface area contributed by atoms with E-state index in [1.54, 1.807) is 14.2 Å². The van der Waals surface area contributed by atoms with Crippen LogP contribution in [0.1, 0.15) is 30.5 Å². The summed E-state index contributed by atoms with van der Waals surface area (Å²) in [5.74, 6) is 0.935. The van der Waals surface area contributed by atoms with Gasteiger partial charge in [0, 0.05) is 7.05 Å². The van der Waals surface area contributed by atoms with Crippen molar-refractivity contribution >= 4 is 28.5 Å². The molecule has 1 amide bonds. The van der Waals surface area contributed by atoms with Gasteiger partial charge in [-0.1, -0.05) is 19.1 Å². The van der Waals surface area contributed by atoms with Gasteiger partial charge in [-0.2, -0.15) is 31.3 Å². The predicted molar refractivity (Wildman–Crippen MR) is 129 cm³/mol. The molecule has 1 aliphatic heterocycles. The highest BCUT2D eigenvalue weighted by Gasteiger charge is 2.37. The standard InChI is InChI=1S/C14H15N3O2S.C10H8F6/c1-4-9-5-8(6-10(19-3)12(9)16-2)7-11-13(15)17-14(18)20-11;1-2-6-3-4-7(9(11,12)13)5-8(6)10(14,15)16/h4-7H,1-3H3,(H2,15,17,18);3-5H,2H2,1H3/b9-4-,11-7-,16-12?;. The molecule has 1 aliphatic carbocycles. The van der Waals surface area contributed by atoms with Gasteiger partial charge in [0.05, 0.1) is 23.1 Å². The zero-order valence-electron chi connectivity index (χ0n) is 19.7. The summed E-state index contributed by atoms with van der Waals surface area (Å²) in [6.07, 6.45) is -1.88. The van der Waals surface area contributed by atoms with Crippen molar-refractivity contribution in [3.05, 3.63) is 81.0 Å². The molecule has 0 bridgehead atoms. The average Bonchev–Trinajstić information content (AvgIpc) is 3.13. The number of carbonyl (C=O) groups excluding carboxylic acids is 1. The molecule has 3 rings (SSSR count). The third kappa shape index (κ3) is 7.12. The maximum Gasteiger partial charge on any atom is 0.416 e. The van der Waals surface area contributed by atoms with Crippen molar-refractivity contribution in [3.8, 4) is 0 Å². The molecule has 1 heterocycles. The summed E-state index contributed by atoms with van der Waals surface area (Å²) in [5.41, 5.74) is 5.71. The molecule has 36 heavy (non-hydrogen) atoms. The molecule has 0 radical (unpaired) electrons. The first-order valence-electron chi connectivity index (χ1n) is 10.4. The minimum Gasteiger partial charge on any atom is -0.494 e. The van der Waals surface area contributed by atoms with Gasteiger partial charge >= 0.3 is 17.6 Å². The molecule has 0 aromatic heterocycles. The predicted octanol–water partition coefficient (Wildman–Crippen LogP) is 6.87. The number of halogens is 6. The fourth-order valence-corrected chi connectivity index (χ4v) is 3.93. The zero-order chi connectivity index (χ0) is 27.3. The van der Waals surface area contributed by atoms with Gasteiger partial charge in [0.25, 0.3) is 0 Å². The van der Waals surface area contributed by atoms with E-state index in [9.17, 15) is 31.1 Å². The van der Waals surface area contributed by atoms with Crippen molar-refractivity contribution in [2.75, 3.05) is 14.2 Å². The second kappa shape index (κ2) is 11.6. The number of aryl methyl sites for hydroxylation is 1. The van der Waals surface area contributed by atoms with Crippen LogP contribution >= 0.6 is 11.8 Å². The Hall–Kier alpha value is -3.28. The Balaban J connectivity index is 0.000000261. The van der Waals surface area contributed by atoms with E-state index >= 15 is 0 Å². The summed E-state index contributed by atoms with van der Waals surface area (Å²) in [6, 6.07) is 1.68. The molecule has 2 N–H and O–H groups in total. The Labute approximate surface area is 208 Å². The van der Waals surface area contributed by atoms with Crippen LogP contribution < -0.4 is 5.73 Å². The van der Waals surface area contributed by atoms with Crippen LogP contribution in [0.25, 0.3) is 0 Å². The van der Waals surface area contributed by atoms with E-state index in [-0.39, 0.29) is 29.1 Å². The molecule has 12 heteroatoms. The van der Waals surface area contributed by atoms with E-state index in [4.69, 9.17) is 10.5 Å². The largest absolute Gasteiger partial charge is 0.494 e. The highest BCUT2D eigenvalue weighted by Crippen LogP contribution is 2.37. The lowest BCUT2D eigenvalue weighted by Crippen LogP contribution is -2.13. The molecule has 1 aromatic rings. The van der Waals surface area contributed by atoms with E-state index in [0.717, 1.165) is 34.7 Å². The van der Waals surface area contributed by atoms with Crippen molar-refractivity contribution in [2.45, 2.75) is 32.6 Å². The highest BCUT2D eigenvalue weighted by molar-refractivity contribution is 8.18. The fourth-order valence-electron chi connectivity index (χ4n) is 3.25. The summed E-state index contributed by atoms with van der Waals surface area (Å²) in [6.45, 7) is 3.39. The fraction of sp³-hybridized carbons (Fsp3) is 0.292. The van der Waals surface area contributed by atoms with Crippen LogP contribution in [-0.4, -0.2) is 30.9 Å². The molecule has 0 unspecified atom stereocenters. The van der Waals surface area contributed by atoms with E-state index < -0.39 is 23.5 Å². The van der Waals surface area contributed by atoms with Gasteiger partial charge in [0.1, 0.15) is 17.3 Å². The SMILES string of the molecule is C/C=C1C=C(/C=C2\SC(=O)N=C2N)C=C(OC)C/1=NC.CCc1ccc(C(F)(F)F)cc1C(F)(F)F. The number of carbonyl (C=O) groups is 1. The molecule has 0 saturated heterocycles. The second-order valence-corrected chi connectivity index (χ2v) is 8.26. The summed E-state index contributed by atoms with van der Waals surface area (Å²) in [5, 5.41) is -0.289. The summed E-state index contributed by atoms with van der Waals surface area (Å²) >= 11 is 1.02. The Morgan fingerprint density at radius 2 is 1.81 bits per heavy atom. The van der Waals surface area contributed by atoms with Gasteiger partial charge in [-0.15, -0.1) is 0 Å². The summed E-state index contributed by atoms with van der Waals surface area (Å²) < 4.78 is 79.3. The van der Waals surface area contributed by atoms with Crippen LogP contribution in [0.2, 0.25) is 0 Å². The van der Waals surface area contributed by atoms with Gasteiger partial charge in [0.2, 0.25) is 0 Å². The Bertz CT molecular complexity index is 1210. The van der Waals surface area contributed by atoms with Crippen LogP contribution in [0.5, 0.6) is 0 Å². The highest BCUT2D eigenvalue weighted by atomic mass is 32.2. The molecule has 1 aromatic carbocycles. The Morgan fingerprint density at radius 3 is 2.25 bits per heavy atom. The van der Waals surface area contributed by atoms with Crippen LogP contribution in [0.15, 0.2) is 74.3 Å². The first-order chi connectivity index (χ1) is 16.7. The molecule has 0 fully saturated rings. The van der Waals surface area contributed by atoms with E-state index in [0.29, 0.717) is 16.7 Å². The topological polar surface area (TPSA) is 77.0 Å². The van der Waals surface area contributed by atoms with Crippen molar-refractivity contribution in [1.82, 2.24) is 0 Å². The van der Waals surface area contributed by atoms with E-state index in [1.165, 1.54) is 6.92 Å². The van der Waals surface area contributed by atoms with Crippen LogP contribution in [0.4, 0.5) is 31.1 Å².